The van der Waals surface area contributed by atoms with Crippen molar-refractivity contribution >= 4 is 33.2 Å². The van der Waals surface area contributed by atoms with Crippen LogP contribution in [0.1, 0.15) is 12.5 Å². The van der Waals surface area contributed by atoms with Crippen LogP contribution in [-0.2, 0) is 14.8 Å². The van der Waals surface area contributed by atoms with Gasteiger partial charge in [0.1, 0.15) is 17.2 Å². The van der Waals surface area contributed by atoms with Gasteiger partial charge in [0.2, 0.25) is 15.9 Å². The van der Waals surface area contributed by atoms with E-state index >= 15 is 0 Å². The maximum Gasteiger partial charge on any atom is 0.242 e. The zero-order chi connectivity index (χ0) is 21.8. The van der Waals surface area contributed by atoms with Gasteiger partial charge in [-0.1, -0.05) is 11.6 Å². The fourth-order valence-corrected chi connectivity index (χ4v) is 4.09. The lowest BCUT2D eigenvalue weighted by molar-refractivity contribution is -0.117. The number of amides is 1. The normalized spacial score (nSPS) is 12.2. The van der Waals surface area contributed by atoms with Gasteiger partial charge in [-0.15, -0.1) is 0 Å². The van der Waals surface area contributed by atoms with Gasteiger partial charge in [-0.2, -0.15) is 4.72 Å². The highest BCUT2D eigenvalue weighted by Crippen LogP contribution is 2.35. The van der Waals surface area contributed by atoms with E-state index in [1.165, 1.54) is 52.5 Å². The molecule has 0 bridgehead atoms. The molecule has 8 nitrogen and oxygen atoms in total. The van der Waals surface area contributed by atoms with Crippen molar-refractivity contribution in [1.29, 1.82) is 0 Å². The first-order chi connectivity index (χ1) is 13.6. The molecule has 0 aliphatic carbocycles. The van der Waals surface area contributed by atoms with Gasteiger partial charge in [-0.25, -0.2) is 8.42 Å². The average molecular weight is 443 g/mol. The number of rotatable bonds is 8. The van der Waals surface area contributed by atoms with Crippen molar-refractivity contribution in [3.8, 4) is 17.2 Å². The van der Waals surface area contributed by atoms with Crippen molar-refractivity contribution in [3.05, 3.63) is 40.9 Å². The van der Waals surface area contributed by atoms with E-state index in [1.807, 2.05) is 0 Å². The number of hydrogen-bond donors (Lipinski definition) is 2. The van der Waals surface area contributed by atoms with Crippen LogP contribution in [-0.4, -0.2) is 41.7 Å². The van der Waals surface area contributed by atoms with Gasteiger partial charge in [0.15, 0.2) is 0 Å². The monoisotopic (exact) mass is 442 g/mol. The molecule has 0 aliphatic heterocycles. The quantitative estimate of drug-likeness (QED) is 0.651. The van der Waals surface area contributed by atoms with Gasteiger partial charge in [-0.05, 0) is 37.6 Å². The second-order valence-electron chi connectivity index (χ2n) is 6.15. The van der Waals surface area contributed by atoms with Gasteiger partial charge in [0.05, 0.1) is 43.0 Å². The van der Waals surface area contributed by atoms with E-state index in [4.69, 9.17) is 25.8 Å². The van der Waals surface area contributed by atoms with Gasteiger partial charge >= 0.3 is 0 Å². The Bertz CT molecular complexity index is 1010. The van der Waals surface area contributed by atoms with Crippen molar-refractivity contribution in [2.45, 2.75) is 24.8 Å². The molecule has 158 valence electrons. The maximum atomic E-state index is 12.6. The van der Waals surface area contributed by atoms with Crippen LogP contribution >= 0.6 is 11.6 Å². The molecule has 1 amide bonds. The Morgan fingerprint density at radius 1 is 1.00 bits per heavy atom. The molecule has 10 heteroatoms. The summed E-state index contributed by atoms with van der Waals surface area (Å²) >= 11 is 6.05. The zero-order valence-corrected chi connectivity index (χ0v) is 18.3. The van der Waals surface area contributed by atoms with Crippen LogP contribution in [0.15, 0.2) is 35.2 Å². The van der Waals surface area contributed by atoms with Crippen LogP contribution in [0.5, 0.6) is 17.2 Å². The van der Waals surface area contributed by atoms with Crippen molar-refractivity contribution in [1.82, 2.24) is 4.72 Å². The Morgan fingerprint density at radius 3 is 2.17 bits per heavy atom. The Balaban J connectivity index is 2.19. The molecule has 0 unspecified atom stereocenters. The van der Waals surface area contributed by atoms with E-state index in [9.17, 15) is 13.2 Å². The van der Waals surface area contributed by atoms with Crippen molar-refractivity contribution in [3.63, 3.8) is 0 Å². The molecule has 2 N–H and O–H groups in total. The number of aryl methyl sites for hydroxylation is 1. The topological polar surface area (TPSA) is 103 Å². The third kappa shape index (κ3) is 5.31. The molecule has 2 rings (SSSR count). The average Bonchev–Trinajstić information content (AvgIpc) is 2.68. The molecule has 0 saturated carbocycles. The van der Waals surface area contributed by atoms with Gasteiger partial charge in [0, 0.05) is 12.1 Å². The molecule has 2 aromatic rings. The number of hydrogen-bond acceptors (Lipinski definition) is 6. The van der Waals surface area contributed by atoms with Crippen LogP contribution in [0.3, 0.4) is 0 Å². The van der Waals surface area contributed by atoms with Crippen LogP contribution in [0.4, 0.5) is 5.69 Å². The van der Waals surface area contributed by atoms with Gasteiger partial charge in [0.25, 0.3) is 0 Å². The molecule has 0 heterocycles. The number of carbonyl (C=O) groups excluding carboxylic acids is 1. The summed E-state index contributed by atoms with van der Waals surface area (Å²) in [5.41, 5.74) is 0.954. The molecule has 0 fully saturated rings. The molecule has 0 saturated heterocycles. The van der Waals surface area contributed by atoms with Crippen molar-refractivity contribution < 1.29 is 27.4 Å². The van der Waals surface area contributed by atoms with Crippen LogP contribution in [0, 0.1) is 6.92 Å². The zero-order valence-electron chi connectivity index (χ0n) is 16.7. The minimum atomic E-state index is -3.92. The summed E-state index contributed by atoms with van der Waals surface area (Å²) in [6, 6.07) is 6.36. The summed E-state index contributed by atoms with van der Waals surface area (Å²) < 4.78 is 43.1. The first kappa shape index (κ1) is 22.8. The molecule has 0 spiro atoms. The van der Waals surface area contributed by atoms with Crippen LogP contribution < -0.4 is 24.2 Å². The summed E-state index contributed by atoms with van der Waals surface area (Å²) in [5, 5.41) is 2.93. The predicted octanol–water partition coefficient (Wildman–Crippen LogP) is 2.98. The predicted molar refractivity (Wildman–Crippen MR) is 111 cm³/mol. The van der Waals surface area contributed by atoms with Crippen molar-refractivity contribution in [2.75, 3.05) is 26.6 Å². The molecule has 0 aliphatic rings. The highest BCUT2D eigenvalue weighted by molar-refractivity contribution is 7.89. The number of carbonyl (C=O) groups is 1. The van der Waals surface area contributed by atoms with Crippen LogP contribution in [0.2, 0.25) is 5.02 Å². The molecular formula is C19H23ClN2O6S. The second kappa shape index (κ2) is 9.34. The summed E-state index contributed by atoms with van der Waals surface area (Å²) in [7, 11) is 0.438. The highest BCUT2D eigenvalue weighted by Gasteiger charge is 2.24. The van der Waals surface area contributed by atoms with E-state index in [1.54, 1.807) is 13.0 Å². The molecular weight excluding hydrogens is 420 g/mol. The fourth-order valence-electron chi connectivity index (χ4n) is 2.57. The fraction of sp³-hybridized carbons (Fsp3) is 0.316. The first-order valence-electron chi connectivity index (χ1n) is 8.52. The van der Waals surface area contributed by atoms with Crippen molar-refractivity contribution in [2.24, 2.45) is 0 Å². The van der Waals surface area contributed by atoms with E-state index in [-0.39, 0.29) is 4.90 Å². The number of nitrogens with one attached hydrogen (secondary N) is 2. The molecule has 2 aromatic carbocycles. The largest absolute Gasteiger partial charge is 0.496 e. The lowest BCUT2D eigenvalue weighted by Gasteiger charge is -2.17. The minimum absolute atomic E-state index is 0.0289. The van der Waals surface area contributed by atoms with Gasteiger partial charge in [-0.3, -0.25) is 4.79 Å². The summed E-state index contributed by atoms with van der Waals surface area (Å²) in [4.78, 5) is 12.6. The Hall–Kier alpha value is -2.49. The maximum absolute atomic E-state index is 12.6. The SMILES string of the molecule is COc1ccc(S(=O)(=O)N[C@@H](C)C(=O)Nc2cc(OC)c(Cl)cc2OC)cc1C. The van der Waals surface area contributed by atoms with Crippen LogP contribution in [0.25, 0.3) is 0 Å². The lowest BCUT2D eigenvalue weighted by Crippen LogP contribution is -2.41. The summed E-state index contributed by atoms with van der Waals surface area (Å²) in [6.45, 7) is 3.16. The number of methoxy groups -OCH3 is 3. The smallest absolute Gasteiger partial charge is 0.242 e. The molecule has 1 atom stereocenters. The third-order valence-corrected chi connectivity index (χ3v) is 5.97. The highest BCUT2D eigenvalue weighted by atomic mass is 35.5. The Kier molecular flexibility index (Phi) is 7.34. The molecule has 0 aromatic heterocycles. The van der Waals surface area contributed by atoms with E-state index in [0.29, 0.717) is 33.5 Å². The summed E-state index contributed by atoms with van der Waals surface area (Å²) in [6.07, 6.45) is 0. The van der Waals surface area contributed by atoms with E-state index in [2.05, 4.69) is 10.0 Å². The number of anilines is 1. The number of halogens is 1. The van der Waals surface area contributed by atoms with E-state index < -0.39 is 22.0 Å². The molecule has 0 radical (unpaired) electrons. The Morgan fingerprint density at radius 2 is 1.62 bits per heavy atom. The minimum Gasteiger partial charge on any atom is -0.496 e. The standard InChI is InChI=1S/C19H23ClN2O6S/c1-11-8-13(6-7-16(11)26-3)29(24,25)22-12(2)19(23)21-15-10-17(27-4)14(20)9-18(15)28-5/h6-10,12,22H,1-5H3,(H,21,23)/t12-/m0/s1. The lowest BCUT2D eigenvalue weighted by atomic mass is 10.2. The second-order valence-corrected chi connectivity index (χ2v) is 8.27. The number of sulfonamides is 1. The van der Waals surface area contributed by atoms with Gasteiger partial charge < -0.3 is 19.5 Å². The third-order valence-electron chi connectivity index (χ3n) is 4.13. The number of ether oxygens (including phenoxy) is 3. The Labute approximate surface area is 175 Å². The molecule has 29 heavy (non-hydrogen) atoms. The summed E-state index contributed by atoms with van der Waals surface area (Å²) in [5.74, 6) is 0.634. The van der Waals surface area contributed by atoms with E-state index in [0.717, 1.165) is 0 Å². The number of benzene rings is 2. The first-order valence-corrected chi connectivity index (χ1v) is 10.4.